The number of rotatable bonds is 4. The summed E-state index contributed by atoms with van der Waals surface area (Å²) >= 11 is 0. The maximum Gasteiger partial charge on any atom is 1.00 e. The number of phosphoric ester groups is 1. The molecule has 118 valence electrons. The van der Waals surface area contributed by atoms with Gasteiger partial charge in [0.2, 0.25) is 0 Å². The maximum absolute atomic E-state index is 11.6. The number of aromatic nitrogens is 2. The van der Waals surface area contributed by atoms with Gasteiger partial charge in [-0.15, -0.1) is 0 Å². The minimum absolute atomic E-state index is 0. The Bertz CT molecular complexity index is 621. The fourth-order valence-electron chi connectivity index (χ4n) is 1.88. The van der Waals surface area contributed by atoms with Gasteiger partial charge in [-0.1, -0.05) is 0 Å². The minimum atomic E-state index is -4.99. The Morgan fingerprint density at radius 1 is 1.50 bits per heavy atom. The molecule has 2 heterocycles. The first-order valence-corrected chi connectivity index (χ1v) is 7.23. The largest absolute Gasteiger partial charge is 1.00 e. The van der Waals surface area contributed by atoms with Gasteiger partial charge in [-0.3, -0.25) is 9.13 Å². The molecule has 11 nitrogen and oxygen atoms in total. The second-order valence-electron chi connectivity index (χ2n) is 4.35. The van der Waals surface area contributed by atoms with E-state index in [2.05, 4.69) is 9.51 Å². The van der Waals surface area contributed by atoms with Gasteiger partial charge in [0.15, 0.2) is 6.23 Å². The van der Waals surface area contributed by atoms with Crippen molar-refractivity contribution in [2.45, 2.75) is 24.5 Å². The Morgan fingerprint density at radius 3 is 2.68 bits per heavy atom. The van der Waals surface area contributed by atoms with Crippen molar-refractivity contribution in [3.8, 4) is 0 Å². The normalized spacial score (nSPS) is 30.5. The first kappa shape index (κ1) is 19.7. The van der Waals surface area contributed by atoms with E-state index in [1.165, 1.54) is 12.3 Å². The van der Waals surface area contributed by atoms with Gasteiger partial charge in [0.25, 0.3) is 7.82 Å². The summed E-state index contributed by atoms with van der Waals surface area (Å²) in [6.45, 7) is -0.719. The van der Waals surface area contributed by atoms with Gasteiger partial charge in [0, 0.05) is 6.20 Å². The fourth-order valence-corrected chi connectivity index (χ4v) is 2.22. The molecule has 1 aromatic heterocycles. The SMILES string of the molecule is Nc1ccn([C@@H]2O[C@H](COP(=O)([O-])O)[C@@H](O)[C@@H]2O)c(=O)n1.[Na+]. The molecule has 0 amide bonds. The van der Waals surface area contributed by atoms with Crippen LogP contribution in [-0.2, 0) is 13.8 Å². The molecule has 2 rings (SSSR count). The van der Waals surface area contributed by atoms with Crippen LogP contribution in [0.15, 0.2) is 17.1 Å². The first-order valence-electron chi connectivity index (χ1n) is 5.73. The van der Waals surface area contributed by atoms with Crippen LogP contribution in [0.4, 0.5) is 5.82 Å². The molecular weight excluding hydrogens is 332 g/mol. The minimum Gasteiger partial charge on any atom is -0.756 e. The van der Waals surface area contributed by atoms with Crippen molar-refractivity contribution >= 4 is 13.6 Å². The number of hydrogen-bond acceptors (Lipinski definition) is 9. The van der Waals surface area contributed by atoms with Crippen molar-refractivity contribution in [1.82, 2.24) is 9.55 Å². The third-order valence-corrected chi connectivity index (χ3v) is 3.34. The molecular formula is C9H13N3NaO8P. The third kappa shape index (κ3) is 4.59. The van der Waals surface area contributed by atoms with Crippen LogP contribution < -0.4 is 45.9 Å². The molecule has 1 unspecified atom stereocenters. The molecule has 13 heteroatoms. The van der Waals surface area contributed by atoms with Crippen molar-refractivity contribution in [2.24, 2.45) is 0 Å². The van der Waals surface area contributed by atoms with E-state index in [4.69, 9.17) is 15.4 Å². The Labute approximate surface area is 146 Å². The summed E-state index contributed by atoms with van der Waals surface area (Å²) in [7, 11) is -4.99. The molecule has 22 heavy (non-hydrogen) atoms. The van der Waals surface area contributed by atoms with Crippen LogP contribution in [-0.4, -0.2) is 49.6 Å². The van der Waals surface area contributed by atoms with E-state index in [0.29, 0.717) is 0 Å². The predicted octanol–water partition coefficient (Wildman–Crippen LogP) is -6.07. The Kier molecular flexibility index (Phi) is 6.72. The molecule has 1 fully saturated rings. The van der Waals surface area contributed by atoms with Gasteiger partial charge in [-0.05, 0) is 6.07 Å². The summed E-state index contributed by atoms with van der Waals surface area (Å²) in [6, 6.07) is 1.28. The van der Waals surface area contributed by atoms with Crippen LogP contribution in [0.1, 0.15) is 6.23 Å². The van der Waals surface area contributed by atoms with E-state index in [-0.39, 0.29) is 35.4 Å². The first-order chi connectivity index (χ1) is 9.69. The standard InChI is InChI=1S/C9H14N3O8P.Na/c10-5-1-2-12(9(15)11-5)8-7(14)6(13)4(20-8)3-19-21(16,17)18;/h1-2,4,6-8,13-14H,3H2,(H2,10,11,15)(H2,16,17,18);/q;+1/p-1/t4-,6-,7+,8-;/m1./s1. The third-order valence-electron chi connectivity index (χ3n) is 2.86. The van der Waals surface area contributed by atoms with E-state index in [1.807, 2.05) is 0 Å². The van der Waals surface area contributed by atoms with Gasteiger partial charge in [0.05, 0.1) is 6.61 Å². The summed E-state index contributed by atoms with van der Waals surface area (Å²) in [5, 5.41) is 19.6. The molecule has 1 aliphatic rings. The number of phosphoric acid groups is 1. The average molecular weight is 345 g/mol. The van der Waals surface area contributed by atoms with E-state index in [0.717, 1.165) is 4.57 Å². The van der Waals surface area contributed by atoms with Gasteiger partial charge < -0.3 is 35.0 Å². The zero-order chi connectivity index (χ0) is 15.8. The van der Waals surface area contributed by atoms with Crippen molar-refractivity contribution in [3.05, 3.63) is 22.7 Å². The summed E-state index contributed by atoms with van der Waals surface area (Å²) in [6.07, 6.45) is -4.39. The second kappa shape index (κ2) is 7.49. The van der Waals surface area contributed by atoms with Gasteiger partial charge in [0.1, 0.15) is 24.1 Å². The average Bonchev–Trinajstić information content (AvgIpc) is 2.64. The topological polar surface area (TPSA) is 180 Å². The fraction of sp³-hybridized carbons (Fsp3) is 0.556. The van der Waals surface area contributed by atoms with Crippen LogP contribution in [0.2, 0.25) is 0 Å². The Hall–Kier alpha value is -0.330. The van der Waals surface area contributed by atoms with Gasteiger partial charge >= 0.3 is 35.2 Å². The second-order valence-corrected chi connectivity index (χ2v) is 5.55. The van der Waals surface area contributed by atoms with Gasteiger partial charge in [-0.25, -0.2) is 4.79 Å². The smallest absolute Gasteiger partial charge is 0.756 e. The van der Waals surface area contributed by atoms with Crippen LogP contribution in [0.25, 0.3) is 0 Å². The summed E-state index contributed by atoms with van der Waals surface area (Å²) in [5.41, 5.74) is 4.50. The number of anilines is 1. The Balaban J connectivity index is 0.00000242. The number of aliphatic hydroxyl groups excluding tert-OH is 2. The molecule has 1 aromatic rings. The predicted molar refractivity (Wildman–Crippen MR) is 64.6 cm³/mol. The van der Waals surface area contributed by atoms with E-state index in [9.17, 15) is 24.5 Å². The molecule has 1 aliphatic heterocycles. The summed E-state index contributed by atoms with van der Waals surface area (Å²) < 4.78 is 20.7. The summed E-state index contributed by atoms with van der Waals surface area (Å²) in [4.78, 5) is 34.1. The van der Waals surface area contributed by atoms with Crippen molar-refractivity contribution < 1.29 is 63.4 Å². The molecule has 0 bridgehead atoms. The van der Waals surface area contributed by atoms with Crippen LogP contribution in [0, 0.1) is 0 Å². The number of nitrogen functional groups attached to an aromatic ring is 1. The molecule has 1 saturated heterocycles. The van der Waals surface area contributed by atoms with Crippen molar-refractivity contribution in [2.75, 3.05) is 12.3 Å². The zero-order valence-electron chi connectivity index (χ0n) is 11.5. The Morgan fingerprint density at radius 2 is 2.14 bits per heavy atom. The molecule has 0 saturated carbocycles. The molecule has 0 aliphatic carbocycles. The quantitative estimate of drug-likeness (QED) is 0.303. The summed E-state index contributed by atoms with van der Waals surface area (Å²) in [5.74, 6) is -0.0308. The number of nitrogens with two attached hydrogens (primary N) is 1. The van der Waals surface area contributed by atoms with Crippen LogP contribution in [0.3, 0.4) is 0 Å². The van der Waals surface area contributed by atoms with Crippen LogP contribution in [0.5, 0.6) is 0 Å². The van der Waals surface area contributed by atoms with Crippen molar-refractivity contribution in [3.63, 3.8) is 0 Å². The molecule has 5 atom stereocenters. The maximum atomic E-state index is 11.6. The molecule has 5 N–H and O–H groups in total. The van der Waals surface area contributed by atoms with E-state index < -0.39 is 44.7 Å². The monoisotopic (exact) mass is 345 g/mol. The van der Waals surface area contributed by atoms with E-state index in [1.54, 1.807) is 0 Å². The number of hydrogen-bond donors (Lipinski definition) is 4. The van der Waals surface area contributed by atoms with E-state index >= 15 is 0 Å². The van der Waals surface area contributed by atoms with Crippen LogP contribution >= 0.6 is 7.82 Å². The molecule has 0 aromatic carbocycles. The zero-order valence-corrected chi connectivity index (χ0v) is 14.4. The number of nitrogens with zero attached hydrogens (tertiary/aromatic N) is 2. The molecule has 0 radical (unpaired) electrons. The van der Waals surface area contributed by atoms with Gasteiger partial charge in [-0.2, -0.15) is 4.98 Å². The van der Waals surface area contributed by atoms with Crippen molar-refractivity contribution in [1.29, 1.82) is 0 Å². The number of ether oxygens (including phenoxy) is 1. The molecule has 0 spiro atoms. The number of aliphatic hydroxyl groups is 2.